The van der Waals surface area contributed by atoms with E-state index in [0.717, 1.165) is 19.3 Å². The minimum Gasteiger partial charge on any atom is -0.481 e. The van der Waals surface area contributed by atoms with Gasteiger partial charge in [0, 0.05) is 5.92 Å². The Morgan fingerprint density at radius 2 is 2.17 bits per heavy atom. The van der Waals surface area contributed by atoms with Crippen molar-refractivity contribution in [3.8, 4) is 0 Å². The molecular weight excluding hydrogens is 156 g/mol. The predicted octanol–water partition coefficient (Wildman–Crippen LogP) is 1.27. The van der Waals surface area contributed by atoms with Gasteiger partial charge in [-0.2, -0.15) is 0 Å². The molecule has 2 aliphatic heterocycles. The molecule has 2 heterocycles. The molecule has 3 nitrogen and oxygen atoms in total. The SMILES string of the molecule is CCC1C2CCC(O2)C1C(=O)O. The van der Waals surface area contributed by atoms with Crippen molar-refractivity contribution in [2.24, 2.45) is 11.8 Å². The topological polar surface area (TPSA) is 46.5 Å². The Bertz CT molecular complexity index is 202. The smallest absolute Gasteiger partial charge is 0.309 e. The number of ether oxygens (including phenoxy) is 1. The number of carboxylic acids is 1. The van der Waals surface area contributed by atoms with Crippen LogP contribution in [0.1, 0.15) is 26.2 Å². The normalized spacial score (nSPS) is 45.1. The van der Waals surface area contributed by atoms with Crippen LogP contribution in [0.15, 0.2) is 0 Å². The maximum Gasteiger partial charge on any atom is 0.309 e. The van der Waals surface area contributed by atoms with E-state index in [1.165, 1.54) is 0 Å². The fraction of sp³-hybridized carbons (Fsp3) is 0.889. The van der Waals surface area contributed by atoms with E-state index in [9.17, 15) is 4.79 Å². The Balaban J connectivity index is 2.16. The third kappa shape index (κ3) is 0.959. The van der Waals surface area contributed by atoms with Gasteiger partial charge in [0.05, 0.1) is 18.1 Å². The van der Waals surface area contributed by atoms with Gasteiger partial charge in [0.2, 0.25) is 0 Å². The molecule has 0 amide bonds. The molecule has 3 heteroatoms. The van der Waals surface area contributed by atoms with E-state index >= 15 is 0 Å². The Labute approximate surface area is 71.7 Å². The van der Waals surface area contributed by atoms with Crippen molar-refractivity contribution in [2.75, 3.05) is 0 Å². The van der Waals surface area contributed by atoms with Crippen LogP contribution in [-0.4, -0.2) is 23.3 Å². The minimum atomic E-state index is -0.672. The number of carboxylic acid groups (broad SMARTS) is 1. The lowest BCUT2D eigenvalue weighted by Crippen LogP contribution is -2.32. The summed E-state index contributed by atoms with van der Waals surface area (Å²) in [4.78, 5) is 10.9. The van der Waals surface area contributed by atoms with Gasteiger partial charge >= 0.3 is 5.97 Å². The van der Waals surface area contributed by atoms with E-state index in [1.807, 2.05) is 6.92 Å². The first-order valence-corrected chi connectivity index (χ1v) is 4.62. The molecule has 2 fully saturated rings. The first-order chi connectivity index (χ1) is 5.74. The first-order valence-electron chi connectivity index (χ1n) is 4.62. The molecule has 2 saturated heterocycles. The fourth-order valence-electron chi connectivity index (χ4n) is 2.63. The lowest BCUT2D eigenvalue weighted by Gasteiger charge is -2.22. The number of fused-ring (bicyclic) bond motifs is 2. The second-order valence-corrected chi connectivity index (χ2v) is 3.73. The van der Waals surface area contributed by atoms with Crippen molar-refractivity contribution in [3.05, 3.63) is 0 Å². The predicted molar refractivity (Wildman–Crippen MR) is 42.8 cm³/mol. The number of carbonyl (C=O) groups is 1. The van der Waals surface area contributed by atoms with Gasteiger partial charge in [-0.05, 0) is 19.3 Å². The van der Waals surface area contributed by atoms with Crippen molar-refractivity contribution in [2.45, 2.75) is 38.4 Å². The van der Waals surface area contributed by atoms with E-state index in [-0.39, 0.29) is 24.0 Å². The van der Waals surface area contributed by atoms with E-state index < -0.39 is 5.97 Å². The van der Waals surface area contributed by atoms with Crippen LogP contribution in [0.25, 0.3) is 0 Å². The molecule has 2 aliphatic rings. The van der Waals surface area contributed by atoms with Crippen molar-refractivity contribution < 1.29 is 14.6 Å². The lowest BCUT2D eigenvalue weighted by molar-refractivity contribution is -0.144. The molecule has 68 valence electrons. The molecule has 4 atom stereocenters. The van der Waals surface area contributed by atoms with Gasteiger partial charge in [-0.1, -0.05) is 6.92 Å². The van der Waals surface area contributed by atoms with Gasteiger partial charge in [0.15, 0.2) is 0 Å². The molecule has 0 radical (unpaired) electrons. The highest BCUT2D eigenvalue weighted by atomic mass is 16.5. The molecule has 2 rings (SSSR count). The van der Waals surface area contributed by atoms with Crippen molar-refractivity contribution in [1.82, 2.24) is 0 Å². The third-order valence-corrected chi connectivity index (χ3v) is 3.18. The van der Waals surface area contributed by atoms with Gasteiger partial charge in [-0.15, -0.1) is 0 Å². The zero-order valence-electron chi connectivity index (χ0n) is 7.19. The summed E-state index contributed by atoms with van der Waals surface area (Å²) in [6.45, 7) is 2.05. The third-order valence-electron chi connectivity index (χ3n) is 3.18. The van der Waals surface area contributed by atoms with Crippen LogP contribution in [0.3, 0.4) is 0 Å². The Morgan fingerprint density at radius 3 is 2.67 bits per heavy atom. The average Bonchev–Trinajstić information content (AvgIpc) is 2.60. The number of hydrogen-bond donors (Lipinski definition) is 1. The van der Waals surface area contributed by atoms with Crippen LogP contribution in [0.4, 0.5) is 0 Å². The molecule has 12 heavy (non-hydrogen) atoms. The average molecular weight is 170 g/mol. The van der Waals surface area contributed by atoms with E-state index in [2.05, 4.69) is 0 Å². The molecule has 0 saturated carbocycles. The summed E-state index contributed by atoms with van der Waals surface area (Å²) < 4.78 is 5.57. The van der Waals surface area contributed by atoms with Crippen LogP contribution in [-0.2, 0) is 9.53 Å². The Morgan fingerprint density at radius 1 is 1.50 bits per heavy atom. The van der Waals surface area contributed by atoms with Crippen LogP contribution in [0, 0.1) is 11.8 Å². The molecule has 0 aliphatic carbocycles. The molecule has 2 bridgehead atoms. The first kappa shape index (κ1) is 8.05. The molecule has 1 N–H and O–H groups in total. The van der Waals surface area contributed by atoms with Crippen molar-refractivity contribution in [1.29, 1.82) is 0 Å². The summed E-state index contributed by atoms with van der Waals surface area (Å²) in [5, 5.41) is 8.96. The largest absolute Gasteiger partial charge is 0.481 e. The highest BCUT2D eigenvalue weighted by Gasteiger charge is 2.51. The van der Waals surface area contributed by atoms with E-state index in [1.54, 1.807) is 0 Å². The van der Waals surface area contributed by atoms with Crippen LogP contribution in [0.2, 0.25) is 0 Å². The fourth-order valence-corrected chi connectivity index (χ4v) is 2.63. The van der Waals surface area contributed by atoms with Gasteiger partial charge in [-0.3, -0.25) is 4.79 Å². The highest BCUT2D eigenvalue weighted by Crippen LogP contribution is 2.44. The summed E-state index contributed by atoms with van der Waals surface area (Å²) in [6, 6.07) is 0. The van der Waals surface area contributed by atoms with E-state index in [4.69, 9.17) is 9.84 Å². The monoisotopic (exact) mass is 170 g/mol. The zero-order chi connectivity index (χ0) is 8.72. The number of rotatable bonds is 2. The van der Waals surface area contributed by atoms with Crippen LogP contribution >= 0.6 is 0 Å². The second-order valence-electron chi connectivity index (χ2n) is 3.73. The maximum absolute atomic E-state index is 10.9. The van der Waals surface area contributed by atoms with Gasteiger partial charge < -0.3 is 9.84 Å². The molecule has 0 aromatic heterocycles. The van der Waals surface area contributed by atoms with Gasteiger partial charge in [0.25, 0.3) is 0 Å². The number of aliphatic carboxylic acids is 1. The highest BCUT2D eigenvalue weighted by molar-refractivity contribution is 5.72. The standard InChI is InChI=1S/C9H14O3/c1-2-5-6-3-4-7(12-6)8(5)9(10)11/h5-8H,2-4H2,1H3,(H,10,11). The summed E-state index contributed by atoms with van der Waals surface area (Å²) in [6.07, 6.45) is 3.18. The summed E-state index contributed by atoms with van der Waals surface area (Å²) in [5.41, 5.74) is 0. The number of hydrogen-bond acceptors (Lipinski definition) is 2. The van der Waals surface area contributed by atoms with Crippen LogP contribution < -0.4 is 0 Å². The van der Waals surface area contributed by atoms with Gasteiger partial charge in [-0.25, -0.2) is 0 Å². The molecule has 0 spiro atoms. The quantitative estimate of drug-likeness (QED) is 0.679. The summed E-state index contributed by atoms with van der Waals surface area (Å²) in [5.74, 6) is -0.635. The summed E-state index contributed by atoms with van der Waals surface area (Å²) >= 11 is 0. The van der Waals surface area contributed by atoms with E-state index in [0.29, 0.717) is 0 Å². The van der Waals surface area contributed by atoms with Gasteiger partial charge in [0.1, 0.15) is 0 Å². The molecular formula is C9H14O3. The van der Waals surface area contributed by atoms with Crippen LogP contribution in [0.5, 0.6) is 0 Å². The zero-order valence-corrected chi connectivity index (χ0v) is 7.19. The molecule has 0 aromatic rings. The van der Waals surface area contributed by atoms with Crippen molar-refractivity contribution in [3.63, 3.8) is 0 Å². The maximum atomic E-state index is 10.9. The Kier molecular flexibility index (Phi) is 1.83. The second kappa shape index (κ2) is 2.73. The molecule has 4 unspecified atom stereocenters. The van der Waals surface area contributed by atoms with Crippen molar-refractivity contribution >= 4 is 5.97 Å². The lowest BCUT2D eigenvalue weighted by atomic mass is 9.78. The minimum absolute atomic E-state index is 0.0115. The summed E-state index contributed by atoms with van der Waals surface area (Å²) in [7, 11) is 0. The molecule has 0 aromatic carbocycles. The Hall–Kier alpha value is -0.570.